The van der Waals surface area contributed by atoms with Crippen LogP contribution in [0, 0.1) is 0 Å². The van der Waals surface area contributed by atoms with Crippen molar-refractivity contribution < 1.29 is 5.11 Å². The number of rotatable bonds is 4. The Balaban J connectivity index is 2.30. The predicted molar refractivity (Wildman–Crippen MR) is 55.8 cm³/mol. The molecule has 0 unspecified atom stereocenters. The van der Waals surface area contributed by atoms with Crippen molar-refractivity contribution in [3.8, 4) is 0 Å². The van der Waals surface area contributed by atoms with Crippen LogP contribution in [-0.2, 0) is 0 Å². The molecular weight excluding hydrogens is 162 g/mol. The molecule has 0 radical (unpaired) electrons. The van der Waals surface area contributed by atoms with Gasteiger partial charge >= 0.3 is 0 Å². The van der Waals surface area contributed by atoms with Gasteiger partial charge < -0.3 is 10.0 Å². The SMILES string of the molecule is CCCCN(C)[C@H]1CCCC[C@@H]1O. The molecule has 1 saturated carbocycles. The quantitative estimate of drug-likeness (QED) is 0.724. The van der Waals surface area contributed by atoms with Crippen LogP contribution in [0.3, 0.4) is 0 Å². The van der Waals surface area contributed by atoms with Gasteiger partial charge in [0.15, 0.2) is 0 Å². The molecule has 2 nitrogen and oxygen atoms in total. The van der Waals surface area contributed by atoms with E-state index < -0.39 is 0 Å². The van der Waals surface area contributed by atoms with Gasteiger partial charge in [-0.05, 0) is 32.9 Å². The molecular formula is C11H23NO. The molecule has 0 amide bonds. The third-order valence-corrected chi connectivity index (χ3v) is 3.12. The van der Waals surface area contributed by atoms with E-state index in [4.69, 9.17) is 0 Å². The average Bonchev–Trinajstić information content (AvgIpc) is 2.15. The second-order valence-corrected chi connectivity index (χ2v) is 4.25. The van der Waals surface area contributed by atoms with E-state index in [0.717, 1.165) is 13.0 Å². The summed E-state index contributed by atoms with van der Waals surface area (Å²) in [5.74, 6) is 0. The average molecular weight is 185 g/mol. The van der Waals surface area contributed by atoms with E-state index in [-0.39, 0.29) is 6.10 Å². The molecule has 1 aliphatic carbocycles. The van der Waals surface area contributed by atoms with Crippen LogP contribution in [0.5, 0.6) is 0 Å². The lowest BCUT2D eigenvalue weighted by molar-refractivity contribution is 0.0317. The summed E-state index contributed by atoms with van der Waals surface area (Å²) in [6.45, 7) is 3.35. The van der Waals surface area contributed by atoms with Gasteiger partial charge in [0, 0.05) is 6.04 Å². The van der Waals surface area contributed by atoms with E-state index >= 15 is 0 Å². The van der Waals surface area contributed by atoms with Gasteiger partial charge in [-0.2, -0.15) is 0 Å². The molecule has 78 valence electrons. The molecule has 13 heavy (non-hydrogen) atoms. The third kappa shape index (κ3) is 3.28. The maximum absolute atomic E-state index is 9.80. The van der Waals surface area contributed by atoms with Crippen LogP contribution in [0.4, 0.5) is 0 Å². The molecule has 1 aliphatic rings. The molecule has 0 aromatic rings. The van der Waals surface area contributed by atoms with Gasteiger partial charge in [0.2, 0.25) is 0 Å². The minimum Gasteiger partial charge on any atom is -0.391 e. The first-order valence-corrected chi connectivity index (χ1v) is 5.64. The van der Waals surface area contributed by atoms with Gasteiger partial charge in [-0.1, -0.05) is 26.2 Å². The predicted octanol–water partition coefficient (Wildman–Crippen LogP) is 2.02. The molecule has 0 aromatic carbocycles. The van der Waals surface area contributed by atoms with Crippen LogP contribution in [0.25, 0.3) is 0 Å². The van der Waals surface area contributed by atoms with Gasteiger partial charge in [-0.15, -0.1) is 0 Å². The normalized spacial score (nSPS) is 29.5. The Hall–Kier alpha value is -0.0800. The Morgan fingerprint density at radius 3 is 2.62 bits per heavy atom. The first-order valence-electron chi connectivity index (χ1n) is 5.64. The van der Waals surface area contributed by atoms with E-state index in [2.05, 4.69) is 18.9 Å². The summed E-state index contributed by atoms with van der Waals surface area (Å²) in [5.41, 5.74) is 0. The molecule has 2 atom stereocenters. The van der Waals surface area contributed by atoms with Crippen molar-refractivity contribution in [2.45, 2.75) is 57.6 Å². The Kier molecular flexibility index (Phi) is 4.74. The van der Waals surface area contributed by atoms with Crippen molar-refractivity contribution in [2.24, 2.45) is 0 Å². The van der Waals surface area contributed by atoms with E-state index in [1.165, 1.54) is 32.1 Å². The topological polar surface area (TPSA) is 23.5 Å². The zero-order valence-electron chi connectivity index (χ0n) is 9.00. The van der Waals surface area contributed by atoms with Crippen molar-refractivity contribution in [2.75, 3.05) is 13.6 Å². The Labute approximate surface area is 81.9 Å². The fraction of sp³-hybridized carbons (Fsp3) is 1.00. The van der Waals surface area contributed by atoms with Crippen LogP contribution in [-0.4, -0.2) is 35.7 Å². The molecule has 0 heterocycles. The number of aliphatic hydroxyl groups is 1. The zero-order valence-corrected chi connectivity index (χ0v) is 9.00. The van der Waals surface area contributed by atoms with E-state index in [0.29, 0.717) is 6.04 Å². The Morgan fingerprint density at radius 1 is 1.31 bits per heavy atom. The first-order chi connectivity index (χ1) is 6.25. The third-order valence-electron chi connectivity index (χ3n) is 3.12. The minimum atomic E-state index is -0.0735. The lowest BCUT2D eigenvalue weighted by Gasteiger charge is -2.35. The number of hydrogen-bond acceptors (Lipinski definition) is 2. The second-order valence-electron chi connectivity index (χ2n) is 4.25. The van der Waals surface area contributed by atoms with Crippen molar-refractivity contribution in [1.82, 2.24) is 4.90 Å². The van der Waals surface area contributed by atoms with Crippen LogP contribution in [0.1, 0.15) is 45.4 Å². The lowest BCUT2D eigenvalue weighted by Crippen LogP contribution is -2.43. The van der Waals surface area contributed by atoms with Gasteiger partial charge in [0.25, 0.3) is 0 Å². The van der Waals surface area contributed by atoms with E-state index in [1.54, 1.807) is 0 Å². The molecule has 0 bridgehead atoms. The van der Waals surface area contributed by atoms with Gasteiger partial charge in [0.05, 0.1) is 6.10 Å². The maximum atomic E-state index is 9.80. The van der Waals surface area contributed by atoms with Crippen LogP contribution >= 0.6 is 0 Å². The molecule has 1 rings (SSSR count). The first kappa shape index (κ1) is 11.0. The van der Waals surface area contributed by atoms with Crippen LogP contribution in [0.2, 0.25) is 0 Å². The highest BCUT2D eigenvalue weighted by Crippen LogP contribution is 2.22. The Bertz CT molecular complexity index is 138. The highest BCUT2D eigenvalue weighted by molar-refractivity contribution is 4.81. The second kappa shape index (κ2) is 5.61. The zero-order chi connectivity index (χ0) is 9.68. The standard InChI is InChI=1S/C11H23NO/c1-3-4-9-12(2)10-7-5-6-8-11(10)13/h10-11,13H,3-9H2,1-2H3/t10-,11-/m0/s1. The largest absolute Gasteiger partial charge is 0.391 e. The van der Waals surface area contributed by atoms with Crippen LogP contribution < -0.4 is 0 Å². The molecule has 0 spiro atoms. The summed E-state index contributed by atoms with van der Waals surface area (Å²) < 4.78 is 0. The van der Waals surface area contributed by atoms with Gasteiger partial charge in [-0.25, -0.2) is 0 Å². The summed E-state index contributed by atoms with van der Waals surface area (Å²) in [7, 11) is 2.15. The summed E-state index contributed by atoms with van der Waals surface area (Å²) in [5, 5.41) is 9.80. The van der Waals surface area contributed by atoms with Gasteiger partial charge in [-0.3, -0.25) is 0 Å². The van der Waals surface area contributed by atoms with Crippen molar-refractivity contribution in [3.63, 3.8) is 0 Å². The smallest absolute Gasteiger partial charge is 0.0695 e. The van der Waals surface area contributed by atoms with Crippen molar-refractivity contribution >= 4 is 0 Å². The summed E-state index contributed by atoms with van der Waals surface area (Å²) in [6.07, 6.45) is 7.10. The molecule has 0 aromatic heterocycles. The fourth-order valence-electron chi connectivity index (χ4n) is 2.18. The molecule has 0 aliphatic heterocycles. The Morgan fingerprint density at radius 2 is 2.00 bits per heavy atom. The number of aliphatic hydroxyl groups excluding tert-OH is 1. The van der Waals surface area contributed by atoms with E-state index in [9.17, 15) is 5.11 Å². The van der Waals surface area contributed by atoms with Crippen LogP contribution in [0.15, 0.2) is 0 Å². The monoisotopic (exact) mass is 185 g/mol. The number of hydrogen-bond donors (Lipinski definition) is 1. The van der Waals surface area contributed by atoms with Crippen molar-refractivity contribution in [1.29, 1.82) is 0 Å². The summed E-state index contributed by atoms with van der Waals surface area (Å²) in [4.78, 5) is 2.34. The molecule has 1 fully saturated rings. The molecule has 2 heteroatoms. The number of unbranched alkanes of at least 4 members (excludes halogenated alkanes) is 1. The summed E-state index contributed by atoms with van der Waals surface area (Å²) in [6, 6.07) is 0.431. The van der Waals surface area contributed by atoms with Gasteiger partial charge in [0.1, 0.15) is 0 Å². The highest BCUT2D eigenvalue weighted by Gasteiger charge is 2.25. The fourth-order valence-corrected chi connectivity index (χ4v) is 2.18. The summed E-state index contributed by atoms with van der Waals surface area (Å²) >= 11 is 0. The lowest BCUT2D eigenvalue weighted by atomic mass is 9.91. The minimum absolute atomic E-state index is 0.0735. The highest BCUT2D eigenvalue weighted by atomic mass is 16.3. The van der Waals surface area contributed by atoms with E-state index in [1.807, 2.05) is 0 Å². The number of likely N-dealkylation sites (N-methyl/N-ethyl adjacent to an activating group) is 1. The maximum Gasteiger partial charge on any atom is 0.0695 e. The molecule has 0 saturated heterocycles. The van der Waals surface area contributed by atoms with Crippen molar-refractivity contribution in [3.05, 3.63) is 0 Å². The number of nitrogens with zero attached hydrogens (tertiary/aromatic N) is 1. The molecule has 1 N–H and O–H groups in total.